The lowest BCUT2D eigenvalue weighted by molar-refractivity contribution is 0.199. The molecule has 1 atom stereocenters. The van der Waals surface area contributed by atoms with Crippen molar-refractivity contribution in [3.05, 3.63) is 40.4 Å². The molecule has 1 aromatic carbocycles. The molecule has 3 rings (SSSR count). The second-order valence-electron chi connectivity index (χ2n) is 5.18. The van der Waals surface area contributed by atoms with Gasteiger partial charge < -0.3 is 14.9 Å². The zero-order valence-electron chi connectivity index (χ0n) is 11.9. The van der Waals surface area contributed by atoms with Crippen LogP contribution >= 0.6 is 22.9 Å². The number of nitrogens with zero attached hydrogens (tertiary/aromatic N) is 3. The van der Waals surface area contributed by atoms with Gasteiger partial charge in [0, 0.05) is 37.8 Å². The molecule has 0 unspecified atom stereocenters. The van der Waals surface area contributed by atoms with Crippen LogP contribution in [0.4, 0.5) is 10.8 Å². The lowest BCUT2D eigenvalue weighted by Crippen LogP contribution is -2.46. The molecule has 112 valence electrons. The number of halogens is 1. The summed E-state index contributed by atoms with van der Waals surface area (Å²) >= 11 is 8.04. The van der Waals surface area contributed by atoms with E-state index in [2.05, 4.69) is 14.8 Å². The van der Waals surface area contributed by atoms with E-state index in [1.807, 2.05) is 29.8 Å². The normalized spacial score (nSPS) is 17.1. The first kappa shape index (κ1) is 14.6. The van der Waals surface area contributed by atoms with Gasteiger partial charge in [-0.3, -0.25) is 0 Å². The summed E-state index contributed by atoms with van der Waals surface area (Å²) < 4.78 is 0. The number of benzene rings is 1. The van der Waals surface area contributed by atoms with Gasteiger partial charge in [-0.25, -0.2) is 4.98 Å². The zero-order chi connectivity index (χ0) is 14.8. The third-order valence-corrected chi connectivity index (χ3v) is 4.90. The zero-order valence-corrected chi connectivity index (χ0v) is 13.4. The van der Waals surface area contributed by atoms with Crippen molar-refractivity contribution < 1.29 is 5.11 Å². The molecule has 1 saturated heterocycles. The van der Waals surface area contributed by atoms with Gasteiger partial charge in [0.05, 0.1) is 16.8 Å². The van der Waals surface area contributed by atoms with E-state index in [9.17, 15) is 5.11 Å². The first-order valence-corrected chi connectivity index (χ1v) is 8.28. The third-order valence-electron chi connectivity index (χ3n) is 3.76. The Labute approximate surface area is 133 Å². The third kappa shape index (κ3) is 3.15. The molecule has 0 radical (unpaired) electrons. The maximum atomic E-state index is 9.61. The van der Waals surface area contributed by atoms with Gasteiger partial charge >= 0.3 is 0 Å². The van der Waals surface area contributed by atoms with Gasteiger partial charge in [-0.2, -0.15) is 0 Å². The molecule has 2 heterocycles. The Morgan fingerprint density at radius 3 is 2.52 bits per heavy atom. The van der Waals surface area contributed by atoms with Crippen molar-refractivity contribution in [2.75, 3.05) is 36.0 Å². The Bertz CT molecular complexity index is 595. The van der Waals surface area contributed by atoms with Crippen molar-refractivity contribution in [2.24, 2.45) is 0 Å². The van der Waals surface area contributed by atoms with Crippen LogP contribution in [0.2, 0.25) is 5.02 Å². The molecular weight excluding hydrogens is 306 g/mol. The number of rotatable bonds is 3. The molecule has 1 N–H and O–H groups in total. The smallest absolute Gasteiger partial charge is 0.185 e. The highest BCUT2D eigenvalue weighted by Gasteiger charge is 2.20. The molecule has 1 aliphatic heterocycles. The lowest BCUT2D eigenvalue weighted by Gasteiger charge is -2.36. The Morgan fingerprint density at radius 1 is 1.24 bits per heavy atom. The van der Waals surface area contributed by atoms with Crippen molar-refractivity contribution in [3.63, 3.8) is 0 Å². The van der Waals surface area contributed by atoms with Gasteiger partial charge in [0.1, 0.15) is 0 Å². The van der Waals surface area contributed by atoms with Crippen molar-refractivity contribution >= 4 is 33.8 Å². The number of thiazole rings is 1. The second-order valence-corrected chi connectivity index (χ2v) is 6.46. The van der Waals surface area contributed by atoms with Gasteiger partial charge in [0.25, 0.3) is 0 Å². The minimum Gasteiger partial charge on any atom is -0.389 e. The summed E-state index contributed by atoms with van der Waals surface area (Å²) in [7, 11) is 0. The first-order chi connectivity index (χ1) is 10.1. The van der Waals surface area contributed by atoms with Crippen LogP contribution in [0, 0.1) is 0 Å². The molecule has 1 aliphatic rings. The molecule has 0 amide bonds. The molecule has 0 saturated carbocycles. The van der Waals surface area contributed by atoms with E-state index in [-0.39, 0.29) is 0 Å². The van der Waals surface area contributed by atoms with E-state index in [1.165, 1.54) is 0 Å². The number of piperazine rings is 1. The van der Waals surface area contributed by atoms with E-state index >= 15 is 0 Å². The molecule has 6 heteroatoms. The van der Waals surface area contributed by atoms with Crippen LogP contribution in [0.1, 0.15) is 18.6 Å². The standard InChI is InChI=1S/C15H18ClN3OS/c1-11(20)12-2-3-14(13(16)10-12)18-5-7-19(8-6-18)15-17-4-9-21-15/h2-4,9-11,20H,5-8H2,1H3/t11-/m1/s1. The predicted molar refractivity (Wildman–Crippen MR) is 88.6 cm³/mol. The number of aliphatic hydroxyl groups excluding tert-OH is 1. The Morgan fingerprint density at radius 2 is 1.95 bits per heavy atom. The summed E-state index contributed by atoms with van der Waals surface area (Å²) in [6.45, 7) is 5.49. The summed E-state index contributed by atoms with van der Waals surface area (Å²) in [5, 5.41) is 13.4. The quantitative estimate of drug-likeness (QED) is 0.941. The highest BCUT2D eigenvalue weighted by molar-refractivity contribution is 7.13. The second kappa shape index (κ2) is 6.22. The van der Waals surface area contributed by atoms with Gasteiger partial charge in [-0.05, 0) is 24.6 Å². The van der Waals surface area contributed by atoms with Crippen molar-refractivity contribution in [3.8, 4) is 0 Å². The van der Waals surface area contributed by atoms with Crippen LogP contribution < -0.4 is 9.80 Å². The Kier molecular flexibility index (Phi) is 4.33. The highest BCUT2D eigenvalue weighted by Crippen LogP contribution is 2.30. The van der Waals surface area contributed by atoms with E-state index in [4.69, 9.17) is 11.6 Å². The number of hydrogen-bond donors (Lipinski definition) is 1. The monoisotopic (exact) mass is 323 g/mol. The predicted octanol–water partition coefficient (Wildman–Crippen LogP) is 3.18. The van der Waals surface area contributed by atoms with E-state index in [1.54, 1.807) is 18.3 Å². The SMILES string of the molecule is C[C@@H](O)c1ccc(N2CCN(c3nccs3)CC2)c(Cl)c1. The van der Waals surface area contributed by atoms with Crippen LogP contribution in [0.25, 0.3) is 0 Å². The fraction of sp³-hybridized carbons (Fsp3) is 0.400. The average molecular weight is 324 g/mol. The van der Waals surface area contributed by atoms with Crippen molar-refractivity contribution in [2.45, 2.75) is 13.0 Å². The lowest BCUT2D eigenvalue weighted by atomic mass is 10.1. The topological polar surface area (TPSA) is 39.6 Å². The summed E-state index contributed by atoms with van der Waals surface area (Å²) in [6, 6.07) is 5.80. The summed E-state index contributed by atoms with van der Waals surface area (Å²) in [6.07, 6.45) is 1.36. The number of hydrogen-bond acceptors (Lipinski definition) is 5. The summed E-state index contributed by atoms with van der Waals surface area (Å²) in [5.41, 5.74) is 1.89. The van der Waals surface area contributed by atoms with Crippen molar-refractivity contribution in [1.82, 2.24) is 4.98 Å². The van der Waals surface area contributed by atoms with E-state index in [0.29, 0.717) is 5.02 Å². The molecule has 1 fully saturated rings. The molecular formula is C15H18ClN3OS. The first-order valence-electron chi connectivity index (χ1n) is 7.02. The van der Waals surface area contributed by atoms with Gasteiger partial charge in [0.2, 0.25) is 0 Å². The van der Waals surface area contributed by atoms with Crippen molar-refractivity contribution in [1.29, 1.82) is 0 Å². The van der Waals surface area contributed by atoms with Gasteiger partial charge in [0.15, 0.2) is 5.13 Å². The number of aliphatic hydroxyl groups is 1. The molecule has 0 spiro atoms. The molecule has 21 heavy (non-hydrogen) atoms. The van der Waals surface area contributed by atoms with Crippen LogP contribution in [-0.4, -0.2) is 36.3 Å². The maximum absolute atomic E-state index is 9.61. The highest BCUT2D eigenvalue weighted by atomic mass is 35.5. The molecule has 0 aliphatic carbocycles. The van der Waals surface area contributed by atoms with Crippen LogP contribution in [-0.2, 0) is 0 Å². The Hall–Kier alpha value is -1.30. The summed E-state index contributed by atoms with van der Waals surface area (Å²) in [5.74, 6) is 0. The van der Waals surface area contributed by atoms with E-state index in [0.717, 1.165) is 42.6 Å². The minimum atomic E-state index is -0.488. The van der Waals surface area contributed by atoms with Crippen LogP contribution in [0.3, 0.4) is 0 Å². The van der Waals surface area contributed by atoms with Gasteiger partial charge in [-0.1, -0.05) is 17.7 Å². The molecule has 2 aromatic rings. The maximum Gasteiger partial charge on any atom is 0.185 e. The summed E-state index contributed by atoms with van der Waals surface area (Å²) in [4.78, 5) is 8.95. The Balaban J connectivity index is 1.69. The minimum absolute atomic E-state index is 0.488. The van der Waals surface area contributed by atoms with Crippen LogP contribution in [0.5, 0.6) is 0 Å². The average Bonchev–Trinajstić information content (AvgIpc) is 3.01. The largest absolute Gasteiger partial charge is 0.389 e. The number of anilines is 2. The molecule has 0 bridgehead atoms. The fourth-order valence-electron chi connectivity index (χ4n) is 2.55. The van der Waals surface area contributed by atoms with Gasteiger partial charge in [-0.15, -0.1) is 11.3 Å². The molecule has 4 nitrogen and oxygen atoms in total. The fourth-order valence-corrected chi connectivity index (χ4v) is 3.56. The molecule has 1 aromatic heterocycles. The van der Waals surface area contributed by atoms with E-state index < -0.39 is 6.10 Å². The van der Waals surface area contributed by atoms with Crippen LogP contribution in [0.15, 0.2) is 29.8 Å². The number of aromatic nitrogens is 1.